The van der Waals surface area contributed by atoms with Crippen molar-refractivity contribution in [3.63, 3.8) is 0 Å². The van der Waals surface area contributed by atoms with E-state index in [1.807, 2.05) is 0 Å². The van der Waals surface area contributed by atoms with Gasteiger partial charge in [0.2, 0.25) is 11.8 Å². The zero-order chi connectivity index (χ0) is 23.1. The zero-order valence-corrected chi connectivity index (χ0v) is 18.0. The third-order valence-corrected chi connectivity index (χ3v) is 6.29. The topological polar surface area (TPSA) is 157 Å². The second-order valence-corrected chi connectivity index (χ2v) is 8.39. The Balaban J connectivity index is 1.58. The Morgan fingerprint density at radius 3 is 2.38 bits per heavy atom. The fourth-order valence-corrected chi connectivity index (χ4v) is 4.38. The predicted octanol–water partition coefficient (Wildman–Crippen LogP) is 0.621. The van der Waals surface area contributed by atoms with E-state index in [9.17, 15) is 14.4 Å². The number of hydrogen-bond acceptors (Lipinski definition) is 6. The Labute approximate surface area is 186 Å². The number of hydrogen-bond donors (Lipinski definition) is 5. The Kier molecular flexibility index (Phi) is 8.04. The van der Waals surface area contributed by atoms with Crippen molar-refractivity contribution in [3.8, 4) is 0 Å². The molecule has 0 aromatic heterocycles. The van der Waals surface area contributed by atoms with Gasteiger partial charge in [0.05, 0.1) is 12.6 Å². The molecule has 32 heavy (non-hydrogen) atoms. The van der Waals surface area contributed by atoms with Crippen molar-refractivity contribution in [1.29, 1.82) is 0 Å². The molecular formula is C22H31N5O5. The van der Waals surface area contributed by atoms with Gasteiger partial charge in [-0.15, -0.1) is 0 Å². The molecule has 1 aromatic rings. The summed E-state index contributed by atoms with van der Waals surface area (Å²) in [5.41, 5.74) is 6.96. The smallest absolute Gasteiger partial charge is 0.317 e. The highest BCUT2D eigenvalue weighted by Gasteiger charge is 2.42. The molecular weight excluding hydrogens is 414 g/mol. The van der Waals surface area contributed by atoms with Crippen molar-refractivity contribution in [3.05, 3.63) is 35.4 Å². The van der Waals surface area contributed by atoms with Gasteiger partial charge in [-0.2, -0.15) is 0 Å². The molecule has 0 radical (unpaired) electrons. The summed E-state index contributed by atoms with van der Waals surface area (Å²) in [5.74, 6) is -1.32. The minimum atomic E-state index is -1.01. The van der Waals surface area contributed by atoms with E-state index in [2.05, 4.69) is 15.8 Å². The highest BCUT2D eigenvalue weighted by atomic mass is 16.4. The monoisotopic (exact) mass is 445 g/mol. The van der Waals surface area contributed by atoms with Gasteiger partial charge in [0.15, 0.2) is 5.84 Å². The van der Waals surface area contributed by atoms with Gasteiger partial charge in [-0.25, -0.2) is 0 Å². The van der Waals surface area contributed by atoms with Crippen LogP contribution in [-0.4, -0.2) is 64.0 Å². The molecule has 3 rings (SSSR count). The second kappa shape index (κ2) is 10.9. The molecule has 1 aliphatic carbocycles. The van der Waals surface area contributed by atoms with Crippen LogP contribution in [0.4, 0.5) is 0 Å². The first-order valence-electron chi connectivity index (χ1n) is 11.0. The SMILES string of the molecule is NC(=NO)c1ccc(CNC(=O)C2CCN2C(=O)C(NCC(=O)O)C2CCCCC2)cc1. The van der Waals surface area contributed by atoms with Crippen LogP contribution in [0.25, 0.3) is 0 Å². The summed E-state index contributed by atoms with van der Waals surface area (Å²) in [4.78, 5) is 38.5. The van der Waals surface area contributed by atoms with Crippen molar-refractivity contribution in [2.75, 3.05) is 13.1 Å². The van der Waals surface area contributed by atoms with Gasteiger partial charge in [-0.3, -0.25) is 19.7 Å². The van der Waals surface area contributed by atoms with Gasteiger partial charge in [0.25, 0.3) is 0 Å². The average molecular weight is 446 g/mol. The molecule has 1 saturated heterocycles. The Hall–Kier alpha value is -3.14. The zero-order valence-electron chi connectivity index (χ0n) is 18.0. The van der Waals surface area contributed by atoms with E-state index >= 15 is 0 Å². The van der Waals surface area contributed by atoms with Crippen LogP contribution in [0.5, 0.6) is 0 Å². The Bertz CT molecular complexity index is 851. The molecule has 2 aliphatic rings. The van der Waals surface area contributed by atoms with Gasteiger partial charge in [0.1, 0.15) is 6.04 Å². The fraction of sp³-hybridized carbons (Fsp3) is 0.545. The minimum absolute atomic E-state index is 0.00763. The molecule has 1 aromatic carbocycles. The first-order chi connectivity index (χ1) is 15.4. The number of carboxylic acid groups (broad SMARTS) is 1. The van der Waals surface area contributed by atoms with Crippen molar-refractivity contribution >= 4 is 23.6 Å². The Morgan fingerprint density at radius 2 is 1.81 bits per heavy atom. The summed E-state index contributed by atoms with van der Waals surface area (Å²) in [6, 6.07) is 5.81. The van der Waals surface area contributed by atoms with E-state index < -0.39 is 18.1 Å². The fourth-order valence-electron chi connectivity index (χ4n) is 4.38. The van der Waals surface area contributed by atoms with Gasteiger partial charge < -0.3 is 26.3 Å². The number of amidine groups is 1. The number of nitrogens with zero attached hydrogens (tertiary/aromatic N) is 2. The van der Waals surface area contributed by atoms with E-state index in [4.69, 9.17) is 16.0 Å². The number of aliphatic carboxylic acids is 1. The lowest BCUT2D eigenvalue weighted by Crippen LogP contribution is -2.63. The molecule has 1 saturated carbocycles. The molecule has 10 heteroatoms. The van der Waals surface area contributed by atoms with Crippen LogP contribution in [-0.2, 0) is 20.9 Å². The number of carboxylic acids is 1. The molecule has 174 valence electrons. The van der Waals surface area contributed by atoms with Crippen molar-refractivity contribution in [2.24, 2.45) is 16.8 Å². The van der Waals surface area contributed by atoms with E-state index in [0.717, 1.165) is 37.7 Å². The summed E-state index contributed by atoms with van der Waals surface area (Å²) in [6.45, 7) is 0.500. The maximum atomic E-state index is 13.2. The van der Waals surface area contributed by atoms with Crippen LogP contribution < -0.4 is 16.4 Å². The summed E-state index contributed by atoms with van der Waals surface area (Å²) in [6.07, 6.45) is 5.54. The van der Waals surface area contributed by atoms with E-state index in [0.29, 0.717) is 18.5 Å². The van der Waals surface area contributed by atoms with Crippen molar-refractivity contribution < 1.29 is 24.7 Å². The number of likely N-dealkylation sites (tertiary alicyclic amines) is 1. The number of nitrogens with one attached hydrogen (secondary N) is 2. The highest BCUT2D eigenvalue weighted by Crippen LogP contribution is 2.29. The normalized spacial score (nSPS) is 20.3. The molecule has 1 aliphatic heterocycles. The predicted molar refractivity (Wildman–Crippen MR) is 117 cm³/mol. The van der Waals surface area contributed by atoms with Gasteiger partial charge in [0, 0.05) is 18.7 Å². The molecule has 6 N–H and O–H groups in total. The van der Waals surface area contributed by atoms with Crippen LogP contribution in [0.1, 0.15) is 49.7 Å². The van der Waals surface area contributed by atoms with Crippen LogP contribution in [0.3, 0.4) is 0 Å². The van der Waals surface area contributed by atoms with Crippen LogP contribution in [0.15, 0.2) is 29.4 Å². The van der Waals surface area contributed by atoms with Crippen LogP contribution >= 0.6 is 0 Å². The van der Waals surface area contributed by atoms with Gasteiger partial charge in [-0.1, -0.05) is 48.7 Å². The molecule has 1 heterocycles. The summed E-state index contributed by atoms with van der Waals surface area (Å²) in [5, 5.41) is 26.5. The first kappa shape index (κ1) is 23.5. The third kappa shape index (κ3) is 5.76. The van der Waals surface area contributed by atoms with Gasteiger partial charge >= 0.3 is 5.97 Å². The van der Waals surface area contributed by atoms with Crippen molar-refractivity contribution in [2.45, 2.75) is 57.2 Å². The molecule has 2 amide bonds. The maximum absolute atomic E-state index is 13.2. The first-order valence-corrected chi connectivity index (χ1v) is 11.0. The number of rotatable bonds is 9. The molecule has 0 bridgehead atoms. The van der Waals surface area contributed by atoms with Gasteiger partial charge in [-0.05, 0) is 30.7 Å². The number of nitrogens with two attached hydrogens (primary N) is 1. The maximum Gasteiger partial charge on any atom is 0.317 e. The van der Waals surface area contributed by atoms with E-state index in [1.165, 1.54) is 0 Å². The molecule has 0 spiro atoms. The molecule has 10 nitrogen and oxygen atoms in total. The lowest BCUT2D eigenvalue weighted by molar-refractivity contribution is -0.150. The lowest BCUT2D eigenvalue weighted by atomic mass is 9.82. The highest BCUT2D eigenvalue weighted by molar-refractivity contribution is 5.97. The third-order valence-electron chi connectivity index (χ3n) is 6.29. The van der Waals surface area contributed by atoms with E-state index in [1.54, 1.807) is 29.2 Å². The lowest BCUT2D eigenvalue weighted by Gasteiger charge is -2.43. The quantitative estimate of drug-likeness (QED) is 0.161. The Morgan fingerprint density at radius 1 is 1.12 bits per heavy atom. The second-order valence-electron chi connectivity index (χ2n) is 8.39. The molecule has 2 unspecified atom stereocenters. The average Bonchev–Trinajstić information content (AvgIpc) is 2.77. The van der Waals surface area contributed by atoms with Crippen LogP contribution in [0.2, 0.25) is 0 Å². The number of oxime groups is 1. The summed E-state index contributed by atoms with van der Waals surface area (Å²) >= 11 is 0. The summed E-state index contributed by atoms with van der Waals surface area (Å²) < 4.78 is 0. The standard InChI is InChI=1S/C22H31N5O5/c23-20(26-32)16-8-6-14(7-9-16)12-25-21(30)17-10-11-27(17)22(31)19(24-13-18(28)29)15-4-2-1-3-5-15/h6-9,15,17,19,24,32H,1-5,10-13H2,(H2,23,26)(H,25,30)(H,28,29). The molecule has 2 atom stereocenters. The van der Waals surface area contributed by atoms with Crippen LogP contribution in [0, 0.1) is 5.92 Å². The number of benzene rings is 1. The van der Waals surface area contributed by atoms with E-state index in [-0.39, 0.29) is 36.7 Å². The largest absolute Gasteiger partial charge is 0.480 e. The number of carbonyl (C=O) groups excluding carboxylic acids is 2. The van der Waals surface area contributed by atoms with Crippen molar-refractivity contribution in [1.82, 2.24) is 15.5 Å². The number of carbonyl (C=O) groups is 3. The minimum Gasteiger partial charge on any atom is -0.480 e. The summed E-state index contributed by atoms with van der Waals surface area (Å²) in [7, 11) is 0. The molecule has 2 fully saturated rings. The number of amides is 2.